The first-order valence-electron chi connectivity index (χ1n) is 9.48. The minimum atomic E-state index is -3.43. The molecule has 2 unspecified atom stereocenters. The van der Waals surface area contributed by atoms with Gasteiger partial charge in [-0.05, 0) is 65.9 Å². The Morgan fingerprint density at radius 3 is 1.30 bits per heavy atom. The molecule has 0 fully saturated rings. The molecule has 0 amide bonds. The first kappa shape index (κ1) is 28.0. The molecule has 0 aliphatic heterocycles. The normalized spacial score (nSPS) is 17.5. The van der Waals surface area contributed by atoms with E-state index in [0.29, 0.717) is 0 Å². The summed E-state index contributed by atoms with van der Waals surface area (Å²) in [5.41, 5.74) is 10.2. The van der Waals surface area contributed by atoms with E-state index < -0.39 is 15.0 Å². The third-order valence-electron chi connectivity index (χ3n) is 4.17. The predicted octanol–water partition coefficient (Wildman–Crippen LogP) is 4.74. The van der Waals surface area contributed by atoms with Crippen LogP contribution >= 0.6 is 38.6 Å². The fourth-order valence-electron chi connectivity index (χ4n) is 3.16. The largest absolute Gasteiger partial charge is 0.333 e. The van der Waals surface area contributed by atoms with Gasteiger partial charge in [0, 0.05) is 12.3 Å². The summed E-state index contributed by atoms with van der Waals surface area (Å²) in [4.78, 5) is 18.6. The van der Waals surface area contributed by atoms with Crippen LogP contribution in [0.1, 0.15) is 59.8 Å². The maximum atomic E-state index is 11.3. The molecule has 0 saturated carbocycles. The quantitative estimate of drug-likeness (QED) is 0.191. The smallest absolute Gasteiger partial charge is 0.265 e. The van der Waals surface area contributed by atoms with Crippen molar-refractivity contribution in [3.05, 3.63) is 0 Å². The Morgan fingerprint density at radius 1 is 0.704 bits per heavy atom. The second-order valence-corrected chi connectivity index (χ2v) is 15.0. The topological polar surface area (TPSA) is 127 Å². The lowest BCUT2D eigenvalue weighted by Gasteiger charge is -2.25. The molecule has 6 N–H and O–H groups in total. The molecule has 0 aliphatic carbocycles. The zero-order valence-corrected chi connectivity index (χ0v) is 20.8. The van der Waals surface area contributed by atoms with Crippen LogP contribution in [0, 0.1) is 10.8 Å². The van der Waals surface area contributed by atoms with Crippen LogP contribution < -0.4 is 11.0 Å². The van der Waals surface area contributed by atoms with E-state index in [9.17, 15) is 18.9 Å². The molecule has 0 radical (unpaired) electrons. The zero-order chi connectivity index (χ0) is 21.2. The van der Waals surface area contributed by atoms with Gasteiger partial charge in [-0.25, -0.2) is 0 Å². The SMILES string of the molecule is CC(C)(CCCSCCCSCCCC(C)(C)CP(N)(=O)O)CP(N)(=O)O. The highest BCUT2D eigenvalue weighted by Crippen LogP contribution is 2.41. The lowest BCUT2D eigenvalue weighted by Crippen LogP contribution is -2.19. The summed E-state index contributed by atoms with van der Waals surface area (Å²) in [6.07, 6.45) is 5.43. The second-order valence-electron chi connectivity index (χ2n) is 8.94. The highest BCUT2D eigenvalue weighted by molar-refractivity contribution is 8.00. The highest BCUT2D eigenvalue weighted by Gasteiger charge is 2.27. The summed E-state index contributed by atoms with van der Waals surface area (Å²) >= 11 is 3.87. The van der Waals surface area contributed by atoms with Gasteiger partial charge >= 0.3 is 0 Å². The molecule has 10 heteroatoms. The minimum Gasteiger partial charge on any atom is -0.333 e. The monoisotopic (exact) mass is 462 g/mol. The van der Waals surface area contributed by atoms with Crippen LogP contribution in [-0.4, -0.2) is 45.1 Å². The van der Waals surface area contributed by atoms with Gasteiger partial charge in [-0.3, -0.25) is 20.1 Å². The molecule has 0 spiro atoms. The van der Waals surface area contributed by atoms with E-state index in [-0.39, 0.29) is 23.2 Å². The van der Waals surface area contributed by atoms with E-state index in [1.54, 1.807) is 0 Å². The number of hydrogen-bond donors (Lipinski definition) is 4. The van der Waals surface area contributed by atoms with Crippen LogP contribution in [0.5, 0.6) is 0 Å². The van der Waals surface area contributed by atoms with Gasteiger partial charge in [0.2, 0.25) is 0 Å². The third kappa shape index (κ3) is 20.1. The standard InChI is InChI=1S/C17H40N2O4P2S2/c1-16(2,14-24(18,20)21)8-5-10-26-12-7-13-27-11-6-9-17(3,4)15-25(19,22)23/h5-15H2,1-4H3,(H3,18,20,21)(H3,19,22,23). The Hall–Kier alpha value is 1.000. The maximum Gasteiger partial charge on any atom is 0.265 e. The first-order valence-corrected chi connectivity index (χ1v) is 15.6. The predicted molar refractivity (Wildman–Crippen MR) is 123 cm³/mol. The number of hydrogen-bond acceptors (Lipinski definition) is 4. The van der Waals surface area contributed by atoms with Gasteiger partial charge in [-0.1, -0.05) is 27.7 Å². The summed E-state index contributed by atoms with van der Waals surface area (Å²) in [6.45, 7) is 7.99. The van der Waals surface area contributed by atoms with Crippen molar-refractivity contribution in [3.63, 3.8) is 0 Å². The van der Waals surface area contributed by atoms with Crippen LogP contribution in [0.25, 0.3) is 0 Å². The molecule has 164 valence electrons. The molecule has 0 saturated heterocycles. The van der Waals surface area contributed by atoms with Crippen LogP contribution in [0.3, 0.4) is 0 Å². The molecule has 0 aromatic heterocycles. The van der Waals surface area contributed by atoms with Crippen molar-refractivity contribution in [2.45, 2.75) is 59.8 Å². The van der Waals surface area contributed by atoms with Crippen molar-refractivity contribution in [1.29, 1.82) is 0 Å². The van der Waals surface area contributed by atoms with Crippen LogP contribution in [0.15, 0.2) is 0 Å². The lowest BCUT2D eigenvalue weighted by molar-refractivity contribution is 0.357. The Balaban J connectivity index is 3.58. The average molecular weight is 463 g/mol. The highest BCUT2D eigenvalue weighted by atomic mass is 32.2. The first-order chi connectivity index (χ1) is 12.1. The van der Waals surface area contributed by atoms with Crippen molar-refractivity contribution in [2.24, 2.45) is 21.8 Å². The van der Waals surface area contributed by atoms with Crippen LogP contribution in [-0.2, 0) is 9.13 Å². The van der Waals surface area contributed by atoms with Gasteiger partial charge in [0.25, 0.3) is 15.0 Å². The van der Waals surface area contributed by atoms with Crippen molar-refractivity contribution < 1.29 is 18.9 Å². The molecular formula is C17H40N2O4P2S2. The molecule has 2 atom stereocenters. The number of nitrogens with two attached hydrogens (primary N) is 2. The van der Waals surface area contributed by atoms with E-state index in [4.69, 9.17) is 11.0 Å². The molecule has 0 heterocycles. The number of rotatable bonds is 16. The van der Waals surface area contributed by atoms with Gasteiger partial charge in [0.05, 0.1) is 0 Å². The van der Waals surface area contributed by atoms with Crippen molar-refractivity contribution in [2.75, 3.05) is 35.3 Å². The van der Waals surface area contributed by atoms with Crippen LogP contribution in [0.2, 0.25) is 0 Å². The summed E-state index contributed by atoms with van der Waals surface area (Å²) in [5.74, 6) is 4.41. The minimum absolute atomic E-state index is 0.180. The summed E-state index contributed by atoms with van der Waals surface area (Å²) in [5, 5.41) is 0. The molecule has 0 rings (SSSR count). The fourth-order valence-corrected chi connectivity index (χ4v) is 7.91. The van der Waals surface area contributed by atoms with Crippen LogP contribution in [0.4, 0.5) is 0 Å². The molecule has 0 aromatic rings. The van der Waals surface area contributed by atoms with E-state index in [1.807, 2.05) is 51.2 Å². The van der Waals surface area contributed by atoms with Gasteiger partial charge in [0.15, 0.2) is 0 Å². The molecule has 0 aliphatic rings. The third-order valence-corrected chi connectivity index (χ3v) is 9.10. The van der Waals surface area contributed by atoms with E-state index in [1.165, 1.54) is 6.42 Å². The Labute approximate surface area is 174 Å². The Morgan fingerprint density at radius 2 is 1.00 bits per heavy atom. The second kappa shape index (κ2) is 12.6. The molecule has 6 nitrogen and oxygen atoms in total. The molecular weight excluding hydrogens is 422 g/mol. The fraction of sp³-hybridized carbons (Fsp3) is 1.00. The van der Waals surface area contributed by atoms with Crippen molar-refractivity contribution in [3.8, 4) is 0 Å². The van der Waals surface area contributed by atoms with Gasteiger partial charge in [0.1, 0.15) is 0 Å². The average Bonchev–Trinajstić information content (AvgIpc) is 2.39. The van der Waals surface area contributed by atoms with E-state index in [0.717, 1.165) is 48.7 Å². The summed E-state index contributed by atoms with van der Waals surface area (Å²) in [7, 11) is -6.86. The zero-order valence-electron chi connectivity index (χ0n) is 17.4. The molecule has 0 bridgehead atoms. The van der Waals surface area contributed by atoms with Gasteiger partial charge < -0.3 is 9.79 Å². The van der Waals surface area contributed by atoms with E-state index >= 15 is 0 Å². The van der Waals surface area contributed by atoms with Crippen molar-refractivity contribution >= 4 is 38.6 Å². The van der Waals surface area contributed by atoms with Gasteiger partial charge in [-0.15, -0.1) is 0 Å². The van der Waals surface area contributed by atoms with Crippen molar-refractivity contribution in [1.82, 2.24) is 0 Å². The Bertz CT molecular complexity index is 463. The van der Waals surface area contributed by atoms with E-state index in [2.05, 4.69) is 0 Å². The Kier molecular flexibility index (Phi) is 13.1. The maximum absolute atomic E-state index is 11.3. The summed E-state index contributed by atoms with van der Waals surface area (Å²) < 4.78 is 22.6. The molecule has 0 aromatic carbocycles. The summed E-state index contributed by atoms with van der Waals surface area (Å²) in [6, 6.07) is 0. The lowest BCUT2D eigenvalue weighted by atomic mass is 9.91. The number of thioether (sulfide) groups is 2. The van der Waals surface area contributed by atoms with Gasteiger partial charge in [-0.2, -0.15) is 23.5 Å². The molecule has 27 heavy (non-hydrogen) atoms.